The van der Waals surface area contributed by atoms with Crippen LogP contribution < -0.4 is 10.1 Å². The Labute approximate surface area is 166 Å². The zero-order chi connectivity index (χ0) is 20.6. The molecule has 2 heterocycles. The van der Waals surface area contributed by atoms with Gasteiger partial charge in [0.05, 0.1) is 18.1 Å². The van der Waals surface area contributed by atoms with Gasteiger partial charge in [-0.1, -0.05) is 37.3 Å². The van der Waals surface area contributed by atoms with Crippen molar-refractivity contribution in [1.82, 2.24) is 10.2 Å². The Morgan fingerprint density at radius 3 is 2.69 bits per heavy atom. The Bertz CT molecular complexity index is 993. The number of rotatable bonds is 5. The lowest BCUT2D eigenvalue weighted by atomic mass is 9.87. The van der Waals surface area contributed by atoms with Gasteiger partial charge in [-0.25, -0.2) is 4.79 Å². The van der Waals surface area contributed by atoms with Crippen molar-refractivity contribution in [2.75, 3.05) is 6.79 Å². The molecule has 0 unspecified atom stereocenters. The first-order valence-electron chi connectivity index (χ1n) is 9.16. The number of fused-ring (bicyclic) bond motifs is 1. The van der Waals surface area contributed by atoms with Crippen LogP contribution in [0.2, 0.25) is 0 Å². The fourth-order valence-electron chi connectivity index (χ4n) is 3.81. The second kappa shape index (κ2) is 7.17. The number of amides is 3. The van der Waals surface area contributed by atoms with Crippen LogP contribution in [0.25, 0.3) is 0 Å². The third kappa shape index (κ3) is 3.09. The highest BCUT2D eigenvalue weighted by Crippen LogP contribution is 2.37. The second-order valence-corrected chi connectivity index (χ2v) is 6.91. The van der Waals surface area contributed by atoms with Crippen molar-refractivity contribution in [3.63, 3.8) is 0 Å². The van der Waals surface area contributed by atoms with Gasteiger partial charge in [0, 0.05) is 23.3 Å². The van der Waals surface area contributed by atoms with Gasteiger partial charge in [-0.3, -0.25) is 19.8 Å². The van der Waals surface area contributed by atoms with Crippen molar-refractivity contribution in [1.29, 1.82) is 0 Å². The summed E-state index contributed by atoms with van der Waals surface area (Å²) < 4.78 is 10.7. The van der Waals surface area contributed by atoms with E-state index in [1.807, 2.05) is 13.0 Å². The summed E-state index contributed by atoms with van der Waals surface area (Å²) >= 11 is 0. The molecule has 3 amide bonds. The van der Waals surface area contributed by atoms with Crippen LogP contribution >= 0.6 is 0 Å². The van der Waals surface area contributed by atoms with E-state index in [1.165, 1.54) is 12.1 Å². The van der Waals surface area contributed by atoms with E-state index in [1.54, 1.807) is 24.3 Å². The lowest BCUT2D eigenvalue weighted by molar-refractivity contribution is -0.385. The van der Waals surface area contributed by atoms with E-state index in [0.717, 1.165) is 4.90 Å². The lowest BCUT2D eigenvalue weighted by Crippen LogP contribution is -2.43. The Balaban J connectivity index is 1.72. The fourth-order valence-corrected chi connectivity index (χ4v) is 3.81. The standard InChI is InChI=1S/C20H19N3O6/c1-2-20(15-6-4-3-5-7-15)18(24)22(19(25)21-20)10-13-8-16(23(26)27)9-14-11-28-12-29-17(13)14/h3-9H,2,10-12H2,1H3,(H,21,25)/t20-/m1/s1. The molecular formula is C20H19N3O6. The summed E-state index contributed by atoms with van der Waals surface area (Å²) in [7, 11) is 0. The van der Waals surface area contributed by atoms with Crippen LogP contribution in [0.3, 0.4) is 0 Å². The van der Waals surface area contributed by atoms with Gasteiger partial charge in [0.25, 0.3) is 11.6 Å². The number of urea groups is 1. The summed E-state index contributed by atoms with van der Waals surface area (Å²) in [4.78, 5) is 37.9. The van der Waals surface area contributed by atoms with E-state index < -0.39 is 22.4 Å². The van der Waals surface area contributed by atoms with Gasteiger partial charge in [-0.05, 0) is 12.0 Å². The summed E-state index contributed by atoms with van der Waals surface area (Å²) in [5.74, 6) is 0.0136. The molecular weight excluding hydrogens is 378 g/mol. The molecule has 0 radical (unpaired) electrons. The van der Waals surface area contributed by atoms with Crippen LogP contribution in [0.5, 0.6) is 5.75 Å². The number of nitrogens with one attached hydrogen (secondary N) is 1. The van der Waals surface area contributed by atoms with Gasteiger partial charge in [0.1, 0.15) is 11.3 Å². The molecule has 2 aliphatic rings. The monoisotopic (exact) mass is 397 g/mol. The molecule has 0 aliphatic carbocycles. The lowest BCUT2D eigenvalue weighted by Gasteiger charge is -2.26. The third-order valence-electron chi connectivity index (χ3n) is 5.28. The molecule has 1 atom stereocenters. The fraction of sp³-hybridized carbons (Fsp3) is 0.300. The molecule has 0 bridgehead atoms. The summed E-state index contributed by atoms with van der Waals surface area (Å²) in [6.45, 7) is 1.85. The van der Waals surface area contributed by atoms with Crippen molar-refractivity contribution in [2.45, 2.75) is 32.0 Å². The first kappa shape index (κ1) is 18.9. The van der Waals surface area contributed by atoms with Gasteiger partial charge >= 0.3 is 6.03 Å². The summed E-state index contributed by atoms with van der Waals surface area (Å²) in [6.07, 6.45) is 0.371. The molecule has 0 aromatic heterocycles. The maximum absolute atomic E-state index is 13.3. The number of nitro benzene ring substituents is 1. The number of ether oxygens (including phenoxy) is 2. The molecule has 2 aromatic carbocycles. The molecule has 1 N–H and O–H groups in total. The van der Waals surface area contributed by atoms with Crippen molar-refractivity contribution in [2.24, 2.45) is 0 Å². The average molecular weight is 397 g/mol. The Kier molecular flexibility index (Phi) is 4.67. The molecule has 0 spiro atoms. The number of hydrogen-bond donors (Lipinski definition) is 1. The zero-order valence-electron chi connectivity index (χ0n) is 15.7. The van der Waals surface area contributed by atoms with Gasteiger partial charge in [-0.15, -0.1) is 0 Å². The quantitative estimate of drug-likeness (QED) is 0.472. The van der Waals surface area contributed by atoms with Crippen LogP contribution in [-0.2, 0) is 28.2 Å². The summed E-state index contributed by atoms with van der Waals surface area (Å²) in [5, 5.41) is 14.1. The van der Waals surface area contributed by atoms with Crippen molar-refractivity contribution >= 4 is 17.6 Å². The second-order valence-electron chi connectivity index (χ2n) is 6.91. The number of non-ortho nitro benzene ring substituents is 1. The molecule has 4 rings (SSSR count). The van der Waals surface area contributed by atoms with Crippen LogP contribution in [0.15, 0.2) is 42.5 Å². The van der Waals surface area contributed by atoms with Crippen molar-refractivity contribution in [3.05, 3.63) is 69.3 Å². The minimum Gasteiger partial charge on any atom is -0.467 e. The predicted molar refractivity (Wildman–Crippen MR) is 101 cm³/mol. The maximum Gasteiger partial charge on any atom is 0.325 e. The highest BCUT2D eigenvalue weighted by atomic mass is 16.7. The smallest absolute Gasteiger partial charge is 0.325 e. The van der Waals surface area contributed by atoms with Gasteiger partial charge in [0.15, 0.2) is 6.79 Å². The van der Waals surface area contributed by atoms with Gasteiger partial charge in [0.2, 0.25) is 0 Å². The average Bonchev–Trinajstić information content (AvgIpc) is 2.99. The van der Waals surface area contributed by atoms with Gasteiger partial charge in [-0.2, -0.15) is 0 Å². The number of imide groups is 1. The zero-order valence-corrected chi connectivity index (χ0v) is 15.7. The molecule has 9 nitrogen and oxygen atoms in total. The third-order valence-corrected chi connectivity index (χ3v) is 5.28. The number of nitro groups is 1. The van der Waals surface area contributed by atoms with E-state index in [2.05, 4.69) is 5.32 Å². The van der Waals surface area contributed by atoms with E-state index in [-0.39, 0.29) is 25.6 Å². The largest absolute Gasteiger partial charge is 0.467 e. The number of carbonyl (C=O) groups is 2. The first-order valence-corrected chi connectivity index (χ1v) is 9.16. The molecule has 9 heteroatoms. The van der Waals surface area contributed by atoms with E-state index in [0.29, 0.717) is 28.9 Å². The molecule has 0 saturated carbocycles. The molecule has 1 fully saturated rings. The molecule has 1 saturated heterocycles. The van der Waals surface area contributed by atoms with Crippen LogP contribution in [-0.4, -0.2) is 28.6 Å². The first-order chi connectivity index (χ1) is 14.0. The van der Waals surface area contributed by atoms with Crippen LogP contribution in [0.4, 0.5) is 10.5 Å². The van der Waals surface area contributed by atoms with Crippen LogP contribution in [0.1, 0.15) is 30.0 Å². The van der Waals surface area contributed by atoms with E-state index >= 15 is 0 Å². The number of benzene rings is 2. The Hall–Kier alpha value is -3.46. The van der Waals surface area contributed by atoms with Crippen molar-refractivity contribution < 1.29 is 24.0 Å². The minimum absolute atomic E-state index is 0.000860. The Morgan fingerprint density at radius 1 is 1.24 bits per heavy atom. The predicted octanol–water partition coefficient (Wildman–Crippen LogP) is 2.82. The SMILES string of the molecule is CC[C@]1(c2ccccc2)NC(=O)N(Cc2cc([N+](=O)[O-])cc3c2OCOC3)C1=O. The van der Waals surface area contributed by atoms with Crippen molar-refractivity contribution in [3.8, 4) is 5.75 Å². The normalized spacial score (nSPS) is 20.8. The number of nitrogens with zero attached hydrogens (tertiary/aromatic N) is 2. The van der Waals surface area contributed by atoms with E-state index in [4.69, 9.17) is 9.47 Å². The summed E-state index contributed by atoms with van der Waals surface area (Å²) in [5.41, 5.74) is 0.278. The van der Waals surface area contributed by atoms with E-state index in [9.17, 15) is 19.7 Å². The molecule has 2 aliphatic heterocycles. The number of hydrogen-bond acceptors (Lipinski definition) is 6. The highest BCUT2D eigenvalue weighted by Gasteiger charge is 2.51. The van der Waals surface area contributed by atoms with Gasteiger partial charge < -0.3 is 14.8 Å². The molecule has 2 aromatic rings. The minimum atomic E-state index is -1.16. The highest BCUT2D eigenvalue weighted by molar-refractivity contribution is 6.07. The van der Waals surface area contributed by atoms with Crippen LogP contribution in [0, 0.1) is 10.1 Å². The molecule has 150 valence electrons. The Morgan fingerprint density at radius 2 is 2.00 bits per heavy atom. The summed E-state index contributed by atoms with van der Waals surface area (Å²) in [6, 6.07) is 11.2. The number of carbonyl (C=O) groups excluding carboxylic acids is 2. The molecule has 29 heavy (non-hydrogen) atoms. The maximum atomic E-state index is 13.3. The topological polar surface area (TPSA) is 111 Å².